The topological polar surface area (TPSA) is 105 Å². The normalized spacial score (nSPS) is 14.3. The molecule has 0 radical (unpaired) electrons. The Balaban J connectivity index is 4.29. The zero-order valence-corrected chi connectivity index (χ0v) is 43.9. The molecular weight excluding hydrogens is 816 g/mol. The van der Waals surface area contributed by atoms with Gasteiger partial charge in [0.2, 0.25) is 5.91 Å². The van der Waals surface area contributed by atoms with E-state index in [0.717, 1.165) is 38.5 Å². The fraction of sp³-hybridized carbons (Fsp3) is 0.873. The van der Waals surface area contributed by atoms with Crippen molar-refractivity contribution < 1.29 is 32.9 Å². The van der Waals surface area contributed by atoms with Gasteiger partial charge in [-0.3, -0.25) is 13.8 Å². The number of carbonyl (C=O) groups is 1. The summed E-state index contributed by atoms with van der Waals surface area (Å²) in [5.74, 6) is -0.189. The van der Waals surface area contributed by atoms with Gasteiger partial charge in [0.05, 0.1) is 39.9 Å². The second kappa shape index (κ2) is 46.8. The van der Waals surface area contributed by atoms with E-state index in [1.54, 1.807) is 6.08 Å². The van der Waals surface area contributed by atoms with Gasteiger partial charge in [-0.1, -0.05) is 230 Å². The van der Waals surface area contributed by atoms with Crippen LogP contribution in [-0.4, -0.2) is 73.4 Å². The number of hydrogen-bond acceptors (Lipinski definition) is 5. The number of unbranched alkanes of at least 4 members (excludes halogenated alkanes) is 33. The predicted octanol–water partition coefficient (Wildman–Crippen LogP) is 16.2. The van der Waals surface area contributed by atoms with E-state index in [0.29, 0.717) is 17.4 Å². The molecule has 0 aliphatic heterocycles. The molecule has 3 atom stereocenters. The number of aliphatic hydroxyl groups is 1. The van der Waals surface area contributed by atoms with Crippen LogP contribution in [-0.2, 0) is 18.4 Å². The van der Waals surface area contributed by atoms with Crippen molar-refractivity contribution in [2.75, 3.05) is 40.9 Å². The van der Waals surface area contributed by atoms with Gasteiger partial charge in [-0.2, -0.15) is 0 Å². The number of nitrogens with one attached hydrogen (secondary N) is 1. The molecular formula is C55H108N2O6P+. The summed E-state index contributed by atoms with van der Waals surface area (Å²) >= 11 is 0. The largest absolute Gasteiger partial charge is 0.472 e. The minimum absolute atomic E-state index is 0.0558. The van der Waals surface area contributed by atoms with Crippen LogP contribution in [0.15, 0.2) is 36.5 Å². The maximum atomic E-state index is 12.9. The van der Waals surface area contributed by atoms with Crippen molar-refractivity contribution in [3.63, 3.8) is 0 Å². The first-order valence-electron chi connectivity index (χ1n) is 27.4. The van der Waals surface area contributed by atoms with Crippen LogP contribution < -0.4 is 5.32 Å². The minimum atomic E-state index is -4.35. The van der Waals surface area contributed by atoms with Gasteiger partial charge in [-0.25, -0.2) is 4.57 Å². The average Bonchev–Trinajstić information content (AvgIpc) is 3.25. The summed E-state index contributed by atoms with van der Waals surface area (Å²) in [5, 5.41) is 13.9. The van der Waals surface area contributed by atoms with Crippen LogP contribution in [0.2, 0.25) is 0 Å². The molecule has 64 heavy (non-hydrogen) atoms. The van der Waals surface area contributed by atoms with E-state index in [1.165, 1.54) is 199 Å². The molecule has 0 aliphatic rings. The van der Waals surface area contributed by atoms with Crippen molar-refractivity contribution in [1.82, 2.24) is 5.32 Å². The molecule has 0 heterocycles. The molecule has 0 rings (SSSR count). The van der Waals surface area contributed by atoms with E-state index in [-0.39, 0.29) is 19.1 Å². The van der Waals surface area contributed by atoms with Gasteiger partial charge < -0.3 is 19.8 Å². The molecule has 378 valence electrons. The number of likely N-dealkylation sites (N-methyl/N-ethyl adjacent to an activating group) is 1. The third-order valence-electron chi connectivity index (χ3n) is 12.3. The number of quaternary nitrogens is 1. The number of allylic oxidation sites excluding steroid dienone is 5. The number of rotatable bonds is 50. The first-order valence-corrected chi connectivity index (χ1v) is 28.9. The summed E-state index contributed by atoms with van der Waals surface area (Å²) in [7, 11) is 1.56. The number of carbonyl (C=O) groups excluding carboxylic acids is 1. The molecule has 9 heteroatoms. The average molecular weight is 924 g/mol. The summed E-state index contributed by atoms with van der Waals surface area (Å²) in [6.07, 6.45) is 59.5. The Kier molecular flexibility index (Phi) is 45.9. The third kappa shape index (κ3) is 48.6. The molecule has 0 saturated carbocycles. The lowest BCUT2D eigenvalue weighted by molar-refractivity contribution is -0.870. The van der Waals surface area contributed by atoms with Gasteiger partial charge in [-0.05, 0) is 57.8 Å². The maximum Gasteiger partial charge on any atom is 0.472 e. The molecule has 0 fully saturated rings. The second-order valence-electron chi connectivity index (χ2n) is 19.9. The highest BCUT2D eigenvalue weighted by molar-refractivity contribution is 7.47. The molecule has 1 amide bonds. The molecule has 0 aliphatic carbocycles. The number of phosphoric acid groups is 1. The summed E-state index contributed by atoms with van der Waals surface area (Å²) in [6, 6.07) is -0.865. The Hall–Kier alpha value is -1.28. The van der Waals surface area contributed by atoms with Gasteiger partial charge in [0.1, 0.15) is 13.2 Å². The van der Waals surface area contributed by atoms with Gasteiger partial charge in [0.25, 0.3) is 0 Å². The predicted molar refractivity (Wildman–Crippen MR) is 277 cm³/mol. The summed E-state index contributed by atoms with van der Waals surface area (Å²) in [6.45, 7) is 4.82. The van der Waals surface area contributed by atoms with Crippen LogP contribution >= 0.6 is 7.82 Å². The lowest BCUT2D eigenvalue weighted by Gasteiger charge is -2.25. The second-order valence-corrected chi connectivity index (χ2v) is 21.4. The Bertz CT molecular complexity index is 1140. The van der Waals surface area contributed by atoms with Gasteiger partial charge in [-0.15, -0.1) is 0 Å². The van der Waals surface area contributed by atoms with E-state index in [9.17, 15) is 19.4 Å². The first-order chi connectivity index (χ1) is 31.0. The number of nitrogens with zero attached hydrogens (tertiary/aromatic N) is 1. The lowest BCUT2D eigenvalue weighted by Crippen LogP contribution is -2.45. The Labute approximate surface area is 397 Å². The standard InChI is InChI=1S/C55H107N2O6P/c1-6-8-10-12-14-16-18-20-22-24-26-27-28-29-31-33-35-37-39-41-43-45-47-49-55(59)56-53(52-63-64(60,61)62-51-50-57(3,4)5)54(58)48-46-44-42-40-38-36-34-32-30-25-23-21-19-17-15-13-11-9-7-2/h29,31,38,40,46,48,53-54,58H,6-28,30,32-37,39,41-45,47,49-52H2,1-5H3,(H-,56,59,60,61)/p+1/b31-29-,40-38+,48-46+. The number of amides is 1. The summed E-state index contributed by atoms with van der Waals surface area (Å²) < 4.78 is 23.7. The van der Waals surface area contributed by atoms with Crippen LogP contribution in [0.4, 0.5) is 0 Å². The van der Waals surface area contributed by atoms with Crippen molar-refractivity contribution in [2.45, 2.75) is 270 Å². The van der Waals surface area contributed by atoms with E-state index < -0.39 is 20.0 Å². The zero-order valence-electron chi connectivity index (χ0n) is 43.0. The molecule has 8 nitrogen and oxygen atoms in total. The van der Waals surface area contributed by atoms with Gasteiger partial charge >= 0.3 is 7.82 Å². The molecule has 0 aromatic heterocycles. The molecule has 0 aromatic rings. The summed E-state index contributed by atoms with van der Waals surface area (Å²) in [4.78, 5) is 23.2. The number of aliphatic hydroxyl groups excluding tert-OH is 1. The van der Waals surface area contributed by atoms with Crippen LogP contribution in [0.25, 0.3) is 0 Å². The fourth-order valence-corrected chi connectivity index (χ4v) is 8.73. The molecule has 3 unspecified atom stereocenters. The maximum absolute atomic E-state index is 12.9. The van der Waals surface area contributed by atoms with Gasteiger partial charge in [0.15, 0.2) is 0 Å². The molecule has 0 bridgehead atoms. The van der Waals surface area contributed by atoms with E-state index in [2.05, 4.69) is 43.5 Å². The van der Waals surface area contributed by atoms with E-state index in [4.69, 9.17) is 9.05 Å². The van der Waals surface area contributed by atoms with Crippen LogP contribution in [0, 0.1) is 0 Å². The van der Waals surface area contributed by atoms with Crippen LogP contribution in [0.3, 0.4) is 0 Å². The Morgan fingerprint density at radius 3 is 1.25 bits per heavy atom. The molecule has 0 aromatic carbocycles. The van der Waals surface area contributed by atoms with Crippen LogP contribution in [0.1, 0.15) is 258 Å². The van der Waals surface area contributed by atoms with Gasteiger partial charge in [0, 0.05) is 6.42 Å². The van der Waals surface area contributed by atoms with Crippen molar-refractivity contribution in [2.24, 2.45) is 0 Å². The zero-order chi connectivity index (χ0) is 47.1. The molecule has 0 saturated heterocycles. The molecule has 3 N–H and O–H groups in total. The number of hydrogen-bond donors (Lipinski definition) is 3. The van der Waals surface area contributed by atoms with Crippen molar-refractivity contribution in [1.29, 1.82) is 0 Å². The van der Waals surface area contributed by atoms with Crippen molar-refractivity contribution >= 4 is 13.7 Å². The van der Waals surface area contributed by atoms with Crippen molar-refractivity contribution in [3.05, 3.63) is 36.5 Å². The number of phosphoric ester groups is 1. The Morgan fingerprint density at radius 1 is 0.516 bits per heavy atom. The highest BCUT2D eigenvalue weighted by Gasteiger charge is 2.27. The van der Waals surface area contributed by atoms with E-state index in [1.807, 2.05) is 27.2 Å². The highest BCUT2D eigenvalue weighted by Crippen LogP contribution is 2.43. The highest BCUT2D eigenvalue weighted by atomic mass is 31.2. The SMILES string of the molecule is CCCCCCCCCCCCCC/C=C\CCCCCCCCCC(=O)NC(COP(=O)(O)OCC[N+](C)(C)C)C(O)/C=C/CC/C=C/CCCCCCCCCCCCCCC. The molecule has 0 spiro atoms. The fourth-order valence-electron chi connectivity index (χ4n) is 7.99. The minimum Gasteiger partial charge on any atom is -0.387 e. The monoisotopic (exact) mass is 924 g/mol. The smallest absolute Gasteiger partial charge is 0.387 e. The first kappa shape index (κ1) is 62.7. The van der Waals surface area contributed by atoms with E-state index >= 15 is 0 Å². The summed E-state index contributed by atoms with van der Waals surface area (Å²) in [5.41, 5.74) is 0. The lowest BCUT2D eigenvalue weighted by atomic mass is 10.0. The van der Waals surface area contributed by atoms with Crippen molar-refractivity contribution in [3.8, 4) is 0 Å². The van der Waals surface area contributed by atoms with Crippen LogP contribution in [0.5, 0.6) is 0 Å². The Morgan fingerprint density at radius 2 is 0.859 bits per heavy atom. The quantitative estimate of drug-likeness (QED) is 0.0243. The third-order valence-corrected chi connectivity index (χ3v) is 13.3.